The van der Waals surface area contributed by atoms with E-state index in [9.17, 15) is 4.79 Å². The average molecular weight is 212 g/mol. The van der Waals surface area contributed by atoms with Gasteiger partial charge in [0.2, 0.25) is 0 Å². The number of H-pyrrole nitrogens is 1. The first-order chi connectivity index (χ1) is 7.83. The topological polar surface area (TPSA) is 63.6 Å². The Morgan fingerprint density at radius 1 is 1.06 bits per heavy atom. The maximum Gasteiger partial charge on any atom is 0.264 e. The van der Waals surface area contributed by atoms with Gasteiger partial charge in [0.25, 0.3) is 5.56 Å². The van der Waals surface area contributed by atoms with E-state index in [2.05, 4.69) is 15.1 Å². The molecule has 5 nitrogen and oxygen atoms in total. The normalized spacial score (nSPS) is 10.8. The van der Waals surface area contributed by atoms with Crippen LogP contribution in [0.2, 0.25) is 0 Å². The Bertz CT molecular complexity index is 698. The van der Waals surface area contributed by atoms with E-state index < -0.39 is 0 Å². The minimum atomic E-state index is -0.126. The molecule has 0 aliphatic carbocycles. The van der Waals surface area contributed by atoms with E-state index >= 15 is 0 Å². The van der Waals surface area contributed by atoms with Crippen LogP contribution in [0, 0.1) is 0 Å². The van der Waals surface area contributed by atoms with Crippen molar-refractivity contribution < 1.29 is 0 Å². The van der Waals surface area contributed by atoms with E-state index in [0.717, 1.165) is 16.7 Å². The van der Waals surface area contributed by atoms with Gasteiger partial charge in [0.15, 0.2) is 0 Å². The fraction of sp³-hybridized carbons (Fsp3) is 0. The first kappa shape index (κ1) is 8.84. The van der Waals surface area contributed by atoms with E-state index in [1.807, 2.05) is 18.2 Å². The average Bonchev–Trinajstić information content (AvgIpc) is 2.75. The van der Waals surface area contributed by atoms with Crippen LogP contribution in [0.25, 0.3) is 16.7 Å². The molecule has 0 aliphatic rings. The number of hydrogen-bond donors (Lipinski definition) is 1. The molecule has 3 rings (SSSR count). The third-order valence-corrected chi connectivity index (χ3v) is 2.34. The monoisotopic (exact) mass is 212 g/mol. The highest BCUT2D eigenvalue weighted by Gasteiger charge is 2.00. The molecule has 5 heteroatoms. The summed E-state index contributed by atoms with van der Waals surface area (Å²) < 4.78 is 1.65. The van der Waals surface area contributed by atoms with Gasteiger partial charge < -0.3 is 0 Å². The van der Waals surface area contributed by atoms with Gasteiger partial charge in [0.05, 0.1) is 16.7 Å². The molecule has 0 spiro atoms. The zero-order valence-electron chi connectivity index (χ0n) is 8.29. The van der Waals surface area contributed by atoms with Crippen LogP contribution in [-0.2, 0) is 0 Å². The van der Waals surface area contributed by atoms with E-state index in [1.54, 1.807) is 23.3 Å². The summed E-state index contributed by atoms with van der Waals surface area (Å²) in [7, 11) is 0. The third-order valence-electron chi connectivity index (χ3n) is 2.34. The molecule has 0 radical (unpaired) electrons. The van der Waals surface area contributed by atoms with Crippen molar-refractivity contribution >= 4 is 11.0 Å². The molecule has 3 aromatic rings. The second-order valence-corrected chi connectivity index (χ2v) is 3.39. The van der Waals surface area contributed by atoms with Crippen LogP contribution in [0.1, 0.15) is 0 Å². The molecule has 0 amide bonds. The molecule has 0 saturated heterocycles. The third kappa shape index (κ3) is 1.38. The number of aromatic amines is 1. The summed E-state index contributed by atoms with van der Waals surface area (Å²) in [6, 6.07) is 7.10. The number of benzene rings is 1. The summed E-state index contributed by atoms with van der Waals surface area (Å²) in [5.74, 6) is 0. The largest absolute Gasteiger partial charge is 0.268 e. The van der Waals surface area contributed by atoms with Crippen molar-refractivity contribution in [3.8, 4) is 5.69 Å². The Morgan fingerprint density at radius 3 is 2.62 bits per heavy atom. The fourth-order valence-electron chi connectivity index (χ4n) is 1.59. The van der Waals surface area contributed by atoms with Gasteiger partial charge in [-0.15, -0.1) is 0 Å². The van der Waals surface area contributed by atoms with E-state index in [0.29, 0.717) is 0 Å². The number of aromatic nitrogens is 4. The zero-order valence-corrected chi connectivity index (χ0v) is 8.29. The predicted molar refractivity (Wildman–Crippen MR) is 59.5 cm³/mol. The lowest BCUT2D eigenvalue weighted by Gasteiger charge is -2.02. The Labute approximate surface area is 90.4 Å². The highest BCUT2D eigenvalue weighted by Crippen LogP contribution is 2.13. The quantitative estimate of drug-likeness (QED) is 0.657. The molecule has 0 fully saturated rings. The van der Waals surface area contributed by atoms with Crippen molar-refractivity contribution in [2.45, 2.75) is 0 Å². The van der Waals surface area contributed by atoms with Gasteiger partial charge in [-0.2, -0.15) is 0 Å². The molecule has 0 saturated carbocycles. The number of nitrogens with one attached hydrogen (secondary N) is 1. The van der Waals surface area contributed by atoms with Gasteiger partial charge in [-0.05, 0) is 18.2 Å². The van der Waals surface area contributed by atoms with Crippen molar-refractivity contribution in [1.29, 1.82) is 0 Å². The molecular formula is C11H8N4O. The molecule has 2 heterocycles. The van der Waals surface area contributed by atoms with E-state index in [4.69, 9.17) is 0 Å². The van der Waals surface area contributed by atoms with Crippen LogP contribution in [0.15, 0.2) is 47.7 Å². The van der Waals surface area contributed by atoms with Crippen molar-refractivity contribution in [1.82, 2.24) is 19.7 Å². The number of hydrogen-bond acceptors (Lipinski definition) is 3. The van der Waals surface area contributed by atoms with Crippen LogP contribution in [0.3, 0.4) is 0 Å². The lowest BCUT2D eigenvalue weighted by Crippen LogP contribution is -2.03. The molecule has 0 atom stereocenters. The molecular weight excluding hydrogens is 204 g/mol. The first-order valence-electron chi connectivity index (χ1n) is 4.82. The summed E-state index contributed by atoms with van der Waals surface area (Å²) in [4.78, 5) is 19.4. The lowest BCUT2D eigenvalue weighted by atomic mass is 10.2. The lowest BCUT2D eigenvalue weighted by molar-refractivity contribution is 0.865. The zero-order chi connectivity index (χ0) is 11.0. The van der Waals surface area contributed by atoms with Crippen LogP contribution < -0.4 is 5.56 Å². The highest BCUT2D eigenvalue weighted by atomic mass is 16.1. The first-order valence-corrected chi connectivity index (χ1v) is 4.82. The summed E-state index contributed by atoms with van der Waals surface area (Å²) >= 11 is 0. The maximum absolute atomic E-state index is 11.0. The van der Waals surface area contributed by atoms with Crippen molar-refractivity contribution in [3.63, 3.8) is 0 Å². The van der Waals surface area contributed by atoms with Gasteiger partial charge in [-0.1, -0.05) is 0 Å². The smallest absolute Gasteiger partial charge is 0.264 e. The second-order valence-electron chi connectivity index (χ2n) is 3.39. The van der Waals surface area contributed by atoms with Gasteiger partial charge in [0.1, 0.15) is 0 Å². The SMILES string of the molecule is O=c1ccn(-c2ccc3nccnc3c2)[nH]1. The Hall–Kier alpha value is -2.43. The Kier molecular flexibility index (Phi) is 1.83. The summed E-state index contributed by atoms with van der Waals surface area (Å²) in [6.45, 7) is 0. The standard InChI is InChI=1S/C11H8N4O/c16-11-3-6-15(14-11)8-1-2-9-10(7-8)13-5-4-12-9/h1-7H,(H,14,16). The summed E-state index contributed by atoms with van der Waals surface area (Å²) in [5, 5.41) is 2.67. The molecule has 2 aromatic heterocycles. The molecule has 78 valence electrons. The van der Waals surface area contributed by atoms with Crippen molar-refractivity contribution in [2.75, 3.05) is 0 Å². The predicted octanol–water partition coefficient (Wildman–Crippen LogP) is 1.11. The number of fused-ring (bicyclic) bond motifs is 1. The molecule has 0 aliphatic heterocycles. The number of nitrogens with zero attached hydrogens (tertiary/aromatic N) is 3. The second kappa shape index (κ2) is 3.30. The fourth-order valence-corrected chi connectivity index (χ4v) is 1.59. The summed E-state index contributed by atoms with van der Waals surface area (Å²) in [6.07, 6.45) is 4.98. The van der Waals surface area contributed by atoms with E-state index in [-0.39, 0.29) is 5.56 Å². The van der Waals surface area contributed by atoms with Crippen LogP contribution in [0.4, 0.5) is 0 Å². The van der Waals surface area contributed by atoms with Crippen molar-refractivity contribution in [3.05, 3.63) is 53.2 Å². The van der Waals surface area contributed by atoms with Gasteiger partial charge in [0, 0.05) is 24.7 Å². The maximum atomic E-state index is 11.0. The molecule has 16 heavy (non-hydrogen) atoms. The van der Waals surface area contributed by atoms with Crippen LogP contribution in [0.5, 0.6) is 0 Å². The van der Waals surface area contributed by atoms with Crippen LogP contribution in [-0.4, -0.2) is 19.7 Å². The highest BCUT2D eigenvalue weighted by molar-refractivity contribution is 5.76. The van der Waals surface area contributed by atoms with Crippen molar-refractivity contribution in [2.24, 2.45) is 0 Å². The van der Waals surface area contributed by atoms with E-state index in [1.165, 1.54) is 6.07 Å². The molecule has 0 bridgehead atoms. The Morgan fingerprint density at radius 2 is 1.88 bits per heavy atom. The summed E-state index contributed by atoms with van der Waals surface area (Å²) in [5.41, 5.74) is 2.37. The molecule has 1 N–H and O–H groups in total. The minimum absolute atomic E-state index is 0.126. The Balaban J connectivity index is 2.22. The molecule has 1 aromatic carbocycles. The van der Waals surface area contributed by atoms with Gasteiger partial charge >= 0.3 is 0 Å². The minimum Gasteiger partial charge on any atom is -0.268 e. The van der Waals surface area contributed by atoms with Gasteiger partial charge in [-0.25, -0.2) is 0 Å². The molecule has 0 unspecified atom stereocenters. The number of rotatable bonds is 1. The van der Waals surface area contributed by atoms with Crippen LogP contribution >= 0.6 is 0 Å². The van der Waals surface area contributed by atoms with Gasteiger partial charge in [-0.3, -0.25) is 24.5 Å².